The van der Waals surface area contributed by atoms with Crippen LogP contribution in [0.2, 0.25) is 0 Å². The second kappa shape index (κ2) is 5.42. The number of halogens is 3. The predicted octanol–water partition coefficient (Wildman–Crippen LogP) is 5.52. The molecular weight excluding hydrogens is 344 g/mol. The van der Waals surface area contributed by atoms with E-state index in [2.05, 4.69) is 20.9 Å². The standard InChI is InChI=1S/C15H8BrF2NS/c16-10-3-1-2-9(6-10)14-8-20-15(19-14)12-7-11(17)4-5-13(12)18/h1-8H. The fourth-order valence-electron chi connectivity index (χ4n) is 1.84. The van der Waals surface area contributed by atoms with Gasteiger partial charge in [0, 0.05) is 21.0 Å². The molecule has 1 nitrogen and oxygen atoms in total. The minimum Gasteiger partial charge on any atom is -0.236 e. The summed E-state index contributed by atoms with van der Waals surface area (Å²) in [6.45, 7) is 0. The first kappa shape index (κ1) is 13.4. The number of hydrogen-bond acceptors (Lipinski definition) is 2. The number of thiazole rings is 1. The van der Waals surface area contributed by atoms with Crippen molar-refractivity contribution in [3.63, 3.8) is 0 Å². The molecule has 0 bridgehead atoms. The zero-order valence-corrected chi connectivity index (χ0v) is 12.5. The van der Waals surface area contributed by atoms with Gasteiger partial charge in [0.15, 0.2) is 0 Å². The van der Waals surface area contributed by atoms with Gasteiger partial charge < -0.3 is 0 Å². The highest BCUT2D eigenvalue weighted by Gasteiger charge is 2.12. The third kappa shape index (κ3) is 2.64. The molecule has 0 spiro atoms. The molecule has 0 N–H and O–H groups in total. The molecule has 0 aliphatic rings. The molecule has 1 aromatic heterocycles. The van der Waals surface area contributed by atoms with Crippen molar-refractivity contribution in [2.24, 2.45) is 0 Å². The molecular formula is C15H8BrF2NS. The molecule has 5 heteroatoms. The van der Waals surface area contributed by atoms with Gasteiger partial charge in [0.05, 0.1) is 5.69 Å². The second-order valence-electron chi connectivity index (χ2n) is 4.17. The van der Waals surface area contributed by atoms with Gasteiger partial charge in [-0.05, 0) is 30.3 Å². The number of hydrogen-bond donors (Lipinski definition) is 0. The Morgan fingerprint density at radius 1 is 1.05 bits per heavy atom. The molecule has 1 heterocycles. The van der Waals surface area contributed by atoms with Crippen molar-refractivity contribution in [2.75, 3.05) is 0 Å². The van der Waals surface area contributed by atoms with Crippen molar-refractivity contribution in [3.8, 4) is 21.8 Å². The normalized spacial score (nSPS) is 10.8. The average molecular weight is 352 g/mol. The summed E-state index contributed by atoms with van der Waals surface area (Å²) in [5, 5.41) is 2.30. The topological polar surface area (TPSA) is 12.9 Å². The van der Waals surface area contributed by atoms with E-state index in [1.54, 1.807) is 0 Å². The maximum atomic E-state index is 13.7. The van der Waals surface area contributed by atoms with Gasteiger partial charge >= 0.3 is 0 Å². The lowest BCUT2D eigenvalue weighted by molar-refractivity contribution is 0.603. The molecule has 0 amide bonds. The van der Waals surface area contributed by atoms with Gasteiger partial charge in [-0.3, -0.25) is 0 Å². The molecule has 3 rings (SSSR count). The average Bonchev–Trinajstić information content (AvgIpc) is 2.91. The van der Waals surface area contributed by atoms with Gasteiger partial charge in [-0.25, -0.2) is 13.8 Å². The maximum Gasteiger partial charge on any atom is 0.133 e. The third-order valence-electron chi connectivity index (χ3n) is 2.78. The van der Waals surface area contributed by atoms with E-state index in [-0.39, 0.29) is 5.56 Å². The lowest BCUT2D eigenvalue weighted by atomic mass is 10.2. The number of nitrogens with zero attached hydrogens (tertiary/aromatic N) is 1. The van der Waals surface area contributed by atoms with Crippen molar-refractivity contribution >= 4 is 27.3 Å². The summed E-state index contributed by atoms with van der Waals surface area (Å²) in [7, 11) is 0. The predicted molar refractivity (Wildman–Crippen MR) is 80.6 cm³/mol. The molecule has 3 aromatic rings. The van der Waals surface area contributed by atoms with Crippen molar-refractivity contribution in [1.82, 2.24) is 4.98 Å². The zero-order valence-electron chi connectivity index (χ0n) is 10.1. The summed E-state index contributed by atoms with van der Waals surface area (Å²) >= 11 is 4.69. The Bertz CT molecular complexity index is 770. The van der Waals surface area contributed by atoms with Crippen LogP contribution in [0.25, 0.3) is 21.8 Å². The third-order valence-corrected chi connectivity index (χ3v) is 4.15. The summed E-state index contributed by atoms with van der Waals surface area (Å²) in [5.41, 5.74) is 1.87. The Balaban J connectivity index is 2.04. The Labute approximate surface area is 127 Å². The van der Waals surface area contributed by atoms with Crippen LogP contribution in [0.5, 0.6) is 0 Å². The first-order valence-electron chi connectivity index (χ1n) is 5.80. The van der Waals surface area contributed by atoms with E-state index in [0.717, 1.165) is 27.9 Å². The molecule has 0 aliphatic heterocycles. The lowest BCUT2D eigenvalue weighted by Crippen LogP contribution is -1.86. The van der Waals surface area contributed by atoms with Crippen molar-refractivity contribution < 1.29 is 8.78 Å². The summed E-state index contributed by atoms with van der Waals surface area (Å²) in [4.78, 5) is 4.38. The minimum atomic E-state index is -0.472. The first-order valence-corrected chi connectivity index (χ1v) is 7.47. The summed E-state index contributed by atoms with van der Waals surface area (Å²) in [6, 6.07) is 11.1. The van der Waals surface area contributed by atoms with Crippen LogP contribution < -0.4 is 0 Å². The SMILES string of the molecule is Fc1ccc(F)c(-c2nc(-c3cccc(Br)c3)cs2)c1. The highest BCUT2D eigenvalue weighted by Crippen LogP contribution is 2.31. The summed E-state index contributed by atoms with van der Waals surface area (Å²) < 4.78 is 27.9. The molecule has 0 aliphatic carbocycles. The second-order valence-corrected chi connectivity index (χ2v) is 5.95. The van der Waals surface area contributed by atoms with Crippen LogP contribution >= 0.6 is 27.3 Å². The Hall–Kier alpha value is -1.59. The summed E-state index contributed by atoms with van der Waals surface area (Å²) in [6.07, 6.45) is 0. The molecule has 0 atom stereocenters. The fraction of sp³-hybridized carbons (Fsp3) is 0. The van der Waals surface area contributed by atoms with E-state index in [9.17, 15) is 8.78 Å². The Morgan fingerprint density at radius 2 is 1.90 bits per heavy atom. The molecule has 0 saturated carbocycles. The monoisotopic (exact) mass is 351 g/mol. The van der Waals surface area contributed by atoms with E-state index < -0.39 is 11.6 Å². The first-order chi connectivity index (χ1) is 9.63. The minimum absolute atomic E-state index is 0.191. The van der Waals surface area contributed by atoms with Gasteiger partial charge in [0.25, 0.3) is 0 Å². The van der Waals surface area contributed by atoms with E-state index >= 15 is 0 Å². The van der Waals surface area contributed by atoms with Crippen molar-refractivity contribution in [1.29, 1.82) is 0 Å². The maximum absolute atomic E-state index is 13.7. The highest BCUT2D eigenvalue weighted by molar-refractivity contribution is 9.10. The van der Waals surface area contributed by atoms with Gasteiger partial charge in [-0.2, -0.15) is 0 Å². The van der Waals surface area contributed by atoms with E-state index in [1.165, 1.54) is 17.4 Å². The van der Waals surface area contributed by atoms with Crippen LogP contribution in [-0.2, 0) is 0 Å². The van der Waals surface area contributed by atoms with Gasteiger partial charge in [-0.15, -0.1) is 11.3 Å². The molecule has 20 heavy (non-hydrogen) atoms. The van der Waals surface area contributed by atoms with Crippen LogP contribution in [0, 0.1) is 11.6 Å². The Kier molecular flexibility index (Phi) is 3.63. The van der Waals surface area contributed by atoms with Crippen molar-refractivity contribution in [2.45, 2.75) is 0 Å². The van der Waals surface area contributed by atoms with E-state index in [4.69, 9.17) is 0 Å². The van der Waals surface area contributed by atoms with Crippen LogP contribution in [0.3, 0.4) is 0 Å². The zero-order chi connectivity index (χ0) is 14.1. The van der Waals surface area contributed by atoms with E-state index in [0.29, 0.717) is 5.01 Å². The van der Waals surface area contributed by atoms with Gasteiger partial charge in [0.1, 0.15) is 16.6 Å². The van der Waals surface area contributed by atoms with Crippen LogP contribution in [-0.4, -0.2) is 4.98 Å². The lowest BCUT2D eigenvalue weighted by Gasteiger charge is -1.99. The van der Waals surface area contributed by atoms with Crippen LogP contribution in [0.4, 0.5) is 8.78 Å². The largest absolute Gasteiger partial charge is 0.236 e. The summed E-state index contributed by atoms with van der Waals surface area (Å²) in [5.74, 6) is -0.942. The number of rotatable bonds is 2. The Morgan fingerprint density at radius 3 is 2.70 bits per heavy atom. The molecule has 2 aromatic carbocycles. The van der Waals surface area contributed by atoms with Gasteiger partial charge in [0.2, 0.25) is 0 Å². The molecule has 100 valence electrons. The molecule has 0 saturated heterocycles. The van der Waals surface area contributed by atoms with Crippen molar-refractivity contribution in [3.05, 3.63) is 64.0 Å². The van der Waals surface area contributed by atoms with Crippen LogP contribution in [0.15, 0.2) is 52.3 Å². The molecule has 0 fully saturated rings. The smallest absolute Gasteiger partial charge is 0.133 e. The number of benzene rings is 2. The van der Waals surface area contributed by atoms with Gasteiger partial charge in [-0.1, -0.05) is 28.1 Å². The highest BCUT2D eigenvalue weighted by atomic mass is 79.9. The molecule has 0 radical (unpaired) electrons. The number of aromatic nitrogens is 1. The molecule has 0 unspecified atom stereocenters. The van der Waals surface area contributed by atoms with E-state index in [1.807, 2.05) is 29.6 Å². The fourth-order valence-corrected chi connectivity index (χ4v) is 3.08. The quantitative estimate of drug-likeness (QED) is 0.592. The van der Waals surface area contributed by atoms with Crippen LogP contribution in [0.1, 0.15) is 0 Å².